The number of allylic oxidation sites excluding steroid dienone is 1. The summed E-state index contributed by atoms with van der Waals surface area (Å²) in [5.41, 5.74) is 8.81. The van der Waals surface area contributed by atoms with Gasteiger partial charge < -0.3 is 14.6 Å². The number of nitrogens with zero attached hydrogens (tertiary/aromatic N) is 4. The second kappa shape index (κ2) is 11.9. The molecule has 0 saturated carbocycles. The zero-order chi connectivity index (χ0) is 27.4. The van der Waals surface area contributed by atoms with Gasteiger partial charge in [-0.1, -0.05) is 31.5 Å². The van der Waals surface area contributed by atoms with E-state index in [2.05, 4.69) is 21.9 Å². The molecule has 6 atom stereocenters. The molecule has 1 N–H and O–H groups in total. The highest BCUT2D eigenvalue weighted by Crippen LogP contribution is 2.45. The Morgan fingerprint density at radius 1 is 1.35 bits per heavy atom. The van der Waals surface area contributed by atoms with Crippen LogP contribution in [0, 0.1) is 17.3 Å². The molecular formula is C27H38N4O5S. The van der Waals surface area contributed by atoms with Crippen molar-refractivity contribution in [3.05, 3.63) is 44.2 Å². The molecule has 0 aliphatic carbocycles. The van der Waals surface area contributed by atoms with Crippen molar-refractivity contribution in [2.24, 2.45) is 22.4 Å². The summed E-state index contributed by atoms with van der Waals surface area (Å²) in [5, 5.41) is 16.9. The van der Waals surface area contributed by atoms with E-state index in [9.17, 15) is 14.7 Å². The number of ether oxygens (including phenoxy) is 2. The maximum atomic E-state index is 13.2. The number of ketones is 1. The summed E-state index contributed by atoms with van der Waals surface area (Å²) < 4.78 is 11.9. The third-order valence-electron chi connectivity index (χ3n) is 7.56. The number of aromatic nitrogens is 1. The number of thiazole rings is 1. The Morgan fingerprint density at radius 3 is 2.78 bits per heavy atom. The van der Waals surface area contributed by atoms with Gasteiger partial charge in [0.2, 0.25) is 0 Å². The van der Waals surface area contributed by atoms with Crippen molar-refractivity contribution in [3.8, 4) is 0 Å². The molecule has 1 aromatic rings. The Hall–Kier alpha value is -2.52. The molecule has 10 heteroatoms. The van der Waals surface area contributed by atoms with Crippen molar-refractivity contribution < 1.29 is 24.2 Å². The molecule has 1 saturated heterocycles. The Bertz CT molecular complexity index is 1110. The molecule has 3 rings (SSSR count). The number of azide groups is 1. The monoisotopic (exact) mass is 530 g/mol. The Balaban J connectivity index is 1.85. The zero-order valence-corrected chi connectivity index (χ0v) is 23.3. The first kappa shape index (κ1) is 29.0. The summed E-state index contributed by atoms with van der Waals surface area (Å²) in [6, 6.07) is 0. The fraction of sp³-hybridized carbons (Fsp3) is 0.667. The first-order chi connectivity index (χ1) is 17.4. The average Bonchev–Trinajstić information content (AvgIpc) is 3.26. The van der Waals surface area contributed by atoms with Crippen molar-refractivity contribution in [2.45, 2.75) is 97.7 Å². The molecule has 9 nitrogen and oxygen atoms in total. The smallest absolute Gasteiger partial charge is 0.331 e. The van der Waals surface area contributed by atoms with Crippen molar-refractivity contribution in [1.82, 2.24) is 4.98 Å². The molecule has 202 valence electrons. The second-order valence-corrected chi connectivity index (χ2v) is 12.0. The van der Waals surface area contributed by atoms with Crippen LogP contribution in [0.4, 0.5) is 0 Å². The van der Waals surface area contributed by atoms with E-state index in [1.807, 2.05) is 25.3 Å². The first-order valence-electron chi connectivity index (χ1n) is 12.8. The highest BCUT2D eigenvalue weighted by Gasteiger charge is 2.52. The van der Waals surface area contributed by atoms with Crippen molar-refractivity contribution in [2.75, 3.05) is 0 Å². The number of hydrogen-bond acceptors (Lipinski definition) is 8. The largest absolute Gasteiger partial charge is 0.455 e. The predicted molar refractivity (Wildman–Crippen MR) is 143 cm³/mol. The molecule has 0 bridgehead atoms. The molecule has 1 fully saturated rings. The number of aliphatic hydroxyl groups is 1. The van der Waals surface area contributed by atoms with Gasteiger partial charge in [0.05, 0.1) is 35.1 Å². The molecule has 0 unspecified atom stereocenters. The number of esters is 1. The van der Waals surface area contributed by atoms with Gasteiger partial charge in [0.25, 0.3) is 0 Å². The van der Waals surface area contributed by atoms with E-state index in [1.54, 1.807) is 26.8 Å². The van der Waals surface area contributed by atoms with Crippen molar-refractivity contribution in [1.29, 1.82) is 0 Å². The van der Waals surface area contributed by atoms with Gasteiger partial charge in [-0.05, 0) is 63.6 Å². The van der Waals surface area contributed by atoms with Crippen molar-refractivity contribution >= 4 is 29.2 Å². The number of carbonyl (C=O) groups excluding carboxylic acids is 2. The molecule has 1 aromatic heterocycles. The zero-order valence-electron chi connectivity index (χ0n) is 22.5. The van der Waals surface area contributed by atoms with Gasteiger partial charge in [-0.3, -0.25) is 4.79 Å². The number of rotatable bonds is 4. The number of aliphatic hydroxyl groups excluding tert-OH is 1. The summed E-state index contributed by atoms with van der Waals surface area (Å²) in [6.07, 6.45) is 6.38. The normalized spacial score (nSPS) is 33.3. The summed E-state index contributed by atoms with van der Waals surface area (Å²) in [4.78, 5) is 33.2. The van der Waals surface area contributed by atoms with Gasteiger partial charge in [-0.15, -0.1) is 11.3 Å². The standard InChI is InChI=1S/C27H38N4O5S/c1-16-8-7-10-27(6)21(36-27)13-20(17(2)12-19-15-37-22(30-19)14-29-31-28)35-23(32)9-11-26(4,5)25(34)18(3)24(16)33/h9,11-12,15-16,18,20-21,24,33H,7-8,10,13-14H2,1-6H3/t16-,18+,20-,21+,24-,27+/m1/s1. The van der Waals surface area contributed by atoms with Gasteiger partial charge in [0.1, 0.15) is 11.9 Å². The maximum Gasteiger partial charge on any atom is 0.331 e. The van der Waals surface area contributed by atoms with Crippen LogP contribution < -0.4 is 0 Å². The van der Waals surface area contributed by atoms with E-state index in [1.165, 1.54) is 17.4 Å². The van der Waals surface area contributed by atoms with Gasteiger partial charge in [0.15, 0.2) is 0 Å². The SMILES string of the molecule is CC(=Cc1csc(CN=[N+]=[N-])n1)[C@H]1C[C@@H]2O[C@@]2(C)CCC[C@@H](C)[C@@H](O)[C@H](C)C(=O)C(C)(C)C=CC(=O)O1. The van der Waals surface area contributed by atoms with E-state index in [0.29, 0.717) is 17.1 Å². The lowest BCUT2D eigenvalue weighted by Gasteiger charge is -2.30. The van der Waals surface area contributed by atoms with Crippen LogP contribution in [0.25, 0.3) is 16.5 Å². The van der Waals surface area contributed by atoms with Crippen LogP contribution in [-0.4, -0.2) is 45.8 Å². The maximum absolute atomic E-state index is 13.2. The molecule has 2 aliphatic heterocycles. The number of epoxide rings is 1. The number of hydrogen-bond donors (Lipinski definition) is 1. The van der Waals surface area contributed by atoms with Crippen molar-refractivity contribution in [3.63, 3.8) is 0 Å². The van der Waals surface area contributed by atoms with Crippen LogP contribution in [0.1, 0.15) is 77.9 Å². The minimum atomic E-state index is -0.933. The fourth-order valence-corrected chi connectivity index (χ4v) is 5.60. The average molecular weight is 531 g/mol. The van der Waals surface area contributed by atoms with Crippen LogP contribution >= 0.6 is 11.3 Å². The van der Waals surface area contributed by atoms with Gasteiger partial charge in [0, 0.05) is 34.1 Å². The van der Waals surface area contributed by atoms with E-state index >= 15 is 0 Å². The molecule has 0 aromatic carbocycles. The molecule has 0 amide bonds. The predicted octanol–water partition coefficient (Wildman–Crippen LogP) is 5.78. The number of Topliss-reactive ketones (excluding diaryl/α,β-unsaturated/α-hetero) is 1. The quantitative estimate of drug-likeness (QED) is 0.172. The lowest BCUT2D eigenvalue weighted by molar-refractivity contribution is -0.141. The Kier molecular flexibility index (Phi) is 9.34. The fourth-order valence-electron chi connectivity index (χ4n) is 4.93. The summed E-state index contributed by atoms with van der Waals surface area (Å²) in [6.45, 7) is 11.4. The summed E-state index contributed by atoms with van der Waals surface area (Å²) in [5.74, 6) is -1.25. The lowest BCUT2D eigenvalue weighted by atomic mass is 9.76. The van der Waals surface area contributed by atoms with Crippen LogP contribution in [-0.2, 0) is 25.6 Å². The Labute approximate surface area is 222 Å². The van der Waals surface area contributed by atoms with Gasteiger partial charge in [-0.25, -0.2) is 9.78 Å². The number of cyclic esters (lactones) is 1. The third-order valence-corrected chi connectivity index (χ3v) is 8.41. The summed E-state index contributed by atoms with van der Waals surface area (Å²) in [7, 11) is 0. The number of carbonyl (C=O) groups is 2. The highest BCUT2D eigenvalue weighted by molar-refractivity contribution is 7.09. The van der Waals surface area contributed by atoms with Crippen LogP contribution in [0.3, 0.4) is 0 Å². The van der Waals surface area contributed by atoms with E-state index in [-0.39, 0.29) is 30.0 Å². The molecule has 3 heterocycles. The first-order valence-corrected chi connectivity index (χ1v) is 13.7. The van der Waals surface area contributed by atoms with E-state index in [0.717, 1.165) is 24.8 Å². The minimum absolute atomic E-state index is 0.0304. The molecule has 0 spiro atoms. The van der Waals surface area contributed by atoms with Crippen LogP contribution in [0.2, 0.25) is 0 Å². The van der Waals surface area contributed by atoms with Gasteiger partial charge >= 0.3 is 5.97 Å². The molecular weight excluding hydrogens is 492 g/mol. The molecule has 2 aliphatic rings. The summed E-state index contributed by atoms with van der Waals surface area (Å²) >= 11 is 1.40. The molecule has 0 radical (unpaired) electrons. The Morgan fingerprint density at radius 2 is 2.08 bits per heavy atom. The molecule has 37 heavy (non-hydrogen) atoms. The van der Waals surface area contributed by atoms with E-state index in [4.69, 9.17) is 15.0 Å². The van der Waals surface area contributed by atoms with Crippen LogP contribution in [0.15, 0.2) is 28.2 Å². The topological polar surface area (TPSA) is 138 Å². The number of fused-ring (bicyclic) bond motifs is 1. The third kappa shape index (κ3) is 7.51. The lowest BCUT2D eigenvalue weighted by Crippen LogP contribution is -2.38. The van der Waals surface area contributed by atoms with Gasteiger partial charge in [-0.2, -0.15) is 0 Å². The highest BCUT2D eigenvalue weighted by atomic mass is 32.1. The minimum Gasteiger partial charge on any atom is -0.455 e. The van der Waals surface area contributed by atoms with E-state index < -0.39 is 29.5 Å². The second-order valence-electron chi connectivity index (χ2n) is 11.1. The van der Waals surface area contributed by atoms with Crippen LogP contribution in [0.5, 0.6) is 0 Å².